The number of nitrogens with two attached hydrogens (primary N) is 1. The van der Waals surface area contributed by atoms with Crippen molar-refractivity contribution in [2.75, 3.05) is 50.3 Å². The molecular weight excluding hydrogens is 767 g/mol. The maximum Gasteiger partial charge on any atom is 0.433 e. The number of rotatable bonds is 7. The van der Waals surface area contributed by atoms with Gasteiger partial charge in [0.15, 0.2) is 5.76 Å². The highest BCUT2D eigenvalue weighted by Crippen LogP contribution is 2.26. The maximum atomic E-state index is 12.6. The van der Waals surface area contributed by atoms with Crippen LogP contribution in [-0.2, 0) is 20.0 Å². The Morgan fingerprint density at radius 1 is 0.745 bits per heavy atom. The van der Waals surface area contributed by atoms with E-state index in [1.54, 1.807) is 12.1 Å². The van der Waals surface area contributed by atoms with Gasteiger partial charge >= 0.3 is 5.88 Å². The summed E-state index contributed by atoms with van der Waals surface area (Å²) in [6.07, 6.45) is 4.89. The topological polar surface area (TPSA) is 198 Å². The first-order chi connectivity index (χ1) is 24.2. The number of carbonyl (C=O) groups is 1. The van der Waals surface area contributed by atoms with E-state index in [4.69, 9.17) is 45.0 Å². The number of halogens is 3. The standard InChI is InChI=1S/C16H16ClN3O6S.C11H15ClN2O2S.C5H10ClN/c17-11-7-9-19(10-8-11)27(24,25)13-3-1-12(2-4-13)18-16(21)14-5-6-15(26-14)20(22)23;12-9-5-7-14(8-6-9)17(15,16)11-3-1-10(13)2-4-11;6-5-1-3-7-4-2-5/h1-6,11H,7-10H2,(H,18,21);1-4,9H,5-8,13H2;5,7H,1-4H2. The van der Waals surface area contributed by atoms with E-state index >= 15 is 0 Å². The molecule has 0 bridgehead atoms. The number of sulfonamides is 2. The average molecular weight is 808 g/mol. The number of piperidine rings is 3. The fourth-order valence-electron chi connectivity index (χ4n) is 5.30. The first kappa shape index (κ1) is 40.8. The van der Waals surface area contributed by atoms with Crippen molar-refractivity contribution < 1.29 is 31.0 Å². The molecule has 3 aliphatic rings. The van der Waals surface area contributed by atoms with Crippen LogP contribution in [0.2, 0.25) is 0 Å². The molecule has 2 aromatic carbocycles. The number of nitro groups is 1. The van der Waals surface area contributed by atoms with Crippen LogP contribution >= 0.6 is 34.8 Å². The molecule has 0 spiro atoms. The number of hydrogen-bond acceptors (Lipinski definition) is 10. The molecule has 0 atom stereocenters. The van der Waals surface area contributed by atoms with Crippen LogP contribution in [0.5, 0.6) is 0 Å². The summed E-state index contributed by atoms with van der Waals surface area (Å²) in [5.74, 6) is -1.44. The lowest BCUT2D eigenvalue weighted by atomic mass is 10.2. The number of nitrogen functional groups attached to an aromatic ring is 1. The van der Waals surface area contributed by atoms with Crippen molar-refractivity contribution in [3.63, 3.8) is 0 Å². The van der Waals surface area contributed by atoms with Crippen molar-refractivity contribution in [1.29, 1.82) is 0 Å². The summed E-state index contributed by atoms with van der Waals surface area (Å²) in [4.78, 5) is 22.3. The SMILES string of the molecule is ClC1CCNCC1.Nc1ccc(S(=O)(=O)N2CCC(Cl)CC2)cc1.O=C(Nc1ccc(S(=O)(=O)N2CCC(Cl)CC2)cc1)c1ccc([N+](=O)[O-])o1. The largest absolute Gasteiger partial charge is 0.433 e. The molecule has 280 valence electrons. The molecule has 19 heteroatoms. The van der Waals surface area contributed by atoms with Gasteiger partial charge in [-0.15, -0.1) is 34.8 Å². The van der Waals surface area contributed by atoms with Gasteiger partial charge in [-0.05, 0) is 106 Å². The molecule has 0 aliphatic carbocycles. The second kappa shape index (κ2) is 18.7. The first-order valence-electron chi connectivity index (χ1n) is 16.3. The maximum absolute atomic E-state index is 12.6. The van der Waals surface area contributed by atoms with Gasteiger partial charge in [0.1, 0.15) is 4.92 Å². The highest BCUT2D eigenvalue weighted by Gasteiger charge is 2.30. The Bertz CT molecular complexity index is 1810. The quantitative estimate of drug-likeness (QED) is 0.119. The van der Waals surface area contributed by atoms with Gasteiger partial charge < -0.3 is 20.8 Å². The van der Waals surface area contributed by atoms with E-state index in [9.17, 15) is 31.7 Å². The molecule has 0 radical (unpaired) electrons. The van der Waals surface area contributed by atoms with E-state index in [0.717, 1.165) is 32.0 Å². The lowest BCUT2D eigenvalue weighted by molar-refractivity contribution is -0.402. The molecule has 14 nitrogen and oxygen atoms in total. The summed E-state index contributed by atoms with van der Waals surface area (Å²) in [5.41, 5.74) is 6.43. The Labute approximate surface area is 312 Å². The molecule has 0 unspecified atom stereocenters. The van der Waals surface area contributed by atoms with Crippen LogP contribution in [0.4, 0.5) is 17.3 Å². The summed E-state index contributed by atoms with van der Waals surface area (Å²) in [5, 5.41) is 16.8. The Hall–Kier alpha value is -2.96. The lowest BCUT2D eigenvalue weighted by Gasteiger charge is -2.28. The van der Waals surface area contributed by atoms with Gasteiger partial charge in [0.25, 0.3) is 5.91 Å². The normalized spacial score (nSPS) is 18.5. The van der Waals surface area contributed by atoms with Crippen molar-refractivity contribution in [3.05, 3.63) is 76.5 Å². The van der Waals surface area contributed by atoms with E-state index in [1.807, 2.05) is 0 Å². The van der Waals surface area contributed by atoms with Crippen LogP contribution in [0.1, 0.15) is 49.1 Å². The molecule has 1 aromatic heterocycles. The minimum absolute atomic E-state index is 0.00790. The zero-order valence-corrected chi connectivity index (χ0v) is 31.5. The Balaban J connectivity index is 0.000000205. The molecule has 4 heterocycles. The fraction of sp³-hybridized carbons (Fsp3) is 0.469. The van der Waals surface area contributed by atoms with Crippen LogP contribution < -0.4 is 16.4 Å². The summed E-state index contributed by atoms with van der Waals surface area (Å²) in [6, 6.07) is 14.2. The Morgan fingerprint density at radius 2 is 1.18 bits per heavy atom. The van der Waals surface area contributed by atoms with E-state index in [0.29, 0.717) is 73.5 Å². The van der Waals surface area contributed by atoms with Gasteiger partial charge in [-0.1, -0.05) is 0 Å². The minimum atomic E-state index is -3.62. The number of carbonyl (C=O) groups excluding carboxylic acids is 1. The molecule has 3 aromatic rings. The predicted molar refractivity (Wildman–Crippen MR) is 198 cm³/mol. The number of nitrogens with zero attached hydrogens (tertiary/aromatic N) is 3. The third-order valence-electron chi connectivity index (χ3n) is 8.30. The number of alkyl halides is 3. The van der Waals surface area contributed by atoms with E-state index < -0.39 is 36.8 Å². The van der Waals surface area contributed by atoms with Crippen LogP contribution in [0.3, 0.4) is 0 Å². The van der Waals surface area contributed by atoms with Gasteiger partial charge in [-0.25, -0.2) is 16.8 Å². The smallest absolute Gasteiger partial charge is 0.399 e. The van der Waals surface area contributed by atoms with Gasteiger partial charge in [0.2, 0.25) is 20.0 Å². The first-order valence-corrected chi connectivity index (χ1v) is 20.5. The highest BCUT2D eigenvalue weighted by atomic mass is 35.5. The van der Waals surface area contributed by atoms with Crippen LogP contribution in [0.15, 0.2) is 74.9 Å². The number of benzene rings is 2. The summed E-state index contributed by atoms with van der Waals surface area (Å²) in [6.45, 7) is 3.92. The molecule has 4 N–H and O–H groups in total. The summed E-state index contributed by atoms with van der Waals surface area (Å²) in [7, 11) is -7.00. The summed E-state index contributed by atoms with van der Waals surface area (Å²) < 4.78 is 57.5. The van der Waals surface area contributed by atoms with Gasteiger partial charge in [0, 0.05) is 53.7 Å². The molecule has 1 amide bonds. The third-order valence-corrected chi connectivity index (χ3v) is 13.4. The van der Waals surface area contributed by atoms with Crippen molar-refractivity contribution in [2.45, 2.75) is 64.4 Å². The monoisotopic (exact) mass is 806 g/mol. The number of anilines is 2. The van der Waals surface area contributed by atoms with Gasteiger partial charge in [-0.2, -0.15) is 8.61 Å². The Morgan fingerprint density at radius 3 is 1.57 bits per heavy atom. The van der Waals surface area contributed by atoms with Gasteiger partial charge in [-0.3, -0.25) is 14.9 Å². The fourth-order valence-corrected chi connectivity index (χ4v) is 8.85. The van der Waals surface area contributed by atoms with E-state index in [2.05, 4.69) is 10.6 Å². The molecule has 51 heavy (non-hydrogen) atoms. The number of furan rings is 1. The van der Waals surface area contributed by atoms with Crippen LogP contribution in [0.25, 0.3) is 0 Å². The number of nitrogens with one attached hydrogen (secondary N) is 2. The average Bonchev–Trinajstić information content (AvgIpc) is 3.62. The zero-order chi connectivity index (χ0) is 37.2. The molecule has 6 rings (SSSR count). The second-order valence-corrected chi connectivity index (χ2v) is 17.8. The van der Waals surface area contributed by atoms with Crippen molar-refractivity contribution in [1.82, 2.24) is 13.9 Å². The molecular formula is C32H41Cl3N6O8S2. The van der Waals surface area contributed by atoms with Crippen molar-refractivity contribution in [3.8, 4) is 0 Å². The lowest BCUT2D eigenvalue weighted by Crippen LogP contribution is -2.38. The van der Waals surface area contributed by atoms with Crippen molar-refractivity contribution >= 4 is 78.0 Å². The van der Waals surface area contributed by atoms with Crippen LogP contribution in [-0.4, -0.2) is 91.7 Å². The van der Waals surface area contributed by atoms with Crippen LogP contribution in [0, 0.1) is 10.1 Å². The molecule has 3 aliphatic heterocycles. The zero-order valence-electron chi connectivity index (χ0n) is 27.6. The third kappa shape index (κ3) is 11.8. The number of hydrogen-bond donors (Lipinski definition) is 3. The van der Waals surface area contributed by atoms with Gasteiger partial charge in [0.05, 0.1) is 15.9 Å². The van der Waals surface area contributed by atoms with E-state index in [-0.39, 0.29) is 21.4 Å². The minimum Gasteiger partial charge on any atom is -0.399 e. The molecule has 3 saturated heterocycles. The molecule has 3 fully saturated rings. The number of amides is 1. The molecule has 0 saturated carbocycles. The van der Waals surface area contributed by atoms with E-state index in [1.165, 1.54) is 51.1 Å². The second-order valence-electron chi connectivity index (χ2n) is 12.0. The predicted octanol–water partition coefficient (Wildman–Crippen LogP) is 5.47. The Kier molecular flexibility index (Phi) is 15.0. The highest BCUT2D eigenvalue weighted by molar-refractivity contribution is 7.89. The summed E-state index contributed by atoms with van der Waals surface area (Å²) >= 11 is 17.7. The van der Waals surface area contributed by atoms with Crippen molar-refractivity contribution in [2.24, 2.45) is 0 Å².